The Labute approximate surface area is 104 Å². The topological polar surface area (TPSA) is 79.2 Å². The summed E-state index contributed by atoms with van der Waals surface area (Å²) in [5, 5.41) is 11.4. The lowest BCUT2D eigenvalue weighted by molar-refractivity contribution is -0.141. The van der Waals surface area contributed by atoms with Gasteiger partial charge in [0, 0.05) is 6.42 Å². The van der Waals surface area contributed by atoms with E-state index in [4.69, 9.17) is 10.00 Å². The fourth-order valence-corrected chi connectivity index (χ4v) is 1.81. The lowest BCUT2D eigenvalue weighted by Crippen LogP contribution is -2.38. The quantitative estimate of drug-likeness (QED) is 0.787. The fourth-order valence-electron chi connectivity index (χ4n) is 1.81. The molecule has 1 aromatic rings. The molecule has 5 heteroatoms. The molecular formula is C13H12N2O3. The summed E-state index contributed by atoms with van der Waals surface area (Å²) < 4.78 is 4.76. The number of nitriles is 1. The molecule has 92 valence electrons. The van der Waals surface area contributed by atoms with Crippen LogP contribution in [0.5, 0.6) is 0 Å². The van der Waals surface area contributed by atoms with Crippen molar-refractivity contribution in [1.82, 2.24) is 5.32 Å². The Hall–Kier alpha value is -2.35. The van der Waals surface area contributed by atoms with Gasteiger partial charge in [0.15, 0.2) is 0 Å². The van der Waals surface area contributed by atoms with Gasteiger partial charge in [-0.05, 0) is 17.7 Å². The second kappa shape index (κ2) is 5.32. The van der Waals surface area contributed by atoms with Crippen molar-refractivity contribution in [2.75, 3.05) is 6.61 Å². The van der Waals surface area contributed by atoms with E-state index in [1.807, 2.05) is 6.07 Å². The summed E-state index contributed by atoms with van der Waals surface area (Å²) in [5.41, 5.74) is 1.26. The zero-order valence-corrected chi connectivity index (χ0v) is 9.68. The van der Waals surface area contributed by atoms with Crippen molar-refractivity contribution in [2.24, 2.45) is 0 Å². The van der Waals surface area contributed by atoms with Gasteiger partial charge in [0.1, 0.15) is 6.04 Å². The number of nitrogens with zero attached hydrogens (tertiary/aromatic N) is 1. The van der Waals surface area contributed by atoms with E-state index in [2.05, 4.69) is 5.32 Å². The first-order valence-electron chi connectivity index (χ1n) is 5.64. The van der Waals surface area contributed by atoms with Crippen LogP contribution in [0.4, 0.5) is 0 Å². The van der Waals surface area contributed by atoms with Gasteiger partial charge in [-0.25, -0.2) is 4.79 Å². The summed E-state index contributed by atoms with van der Waals surface area (Å²) in [6.45, 7) is 0.355. The summed E-state index contributed by atoms with van der Waals surface area (Å²) in [6.07, 6.45) is 0.669. The highest BCUT2D eigenvalue weighted by Crippen LogP contribution is 2.08. The third-order valence-corrected chi connectivity index (χ3v) is 2.69. The zero-order valence-electron chi connectivity index (χ0n) is 9.68. The smallest absolute Gasteiger partial charge is 0.328 e. The Balaban J connectivity index is 1.94. The molecule has 5 nitrogen and oxygen atoms in total. The molecule has 0 aromatic heterocycles. The number of esters is 1. The molecule has 0 saturated carbocycles. The van der Waals surface area contributed by atoms with Gasteiger partial charge in [-0.15, -0.1) is 0 Å². The van der Waals surface area contributed by atoms with E-state index in [0.717, 1.165) is 5.56 Å². The first-order valence-corrected chi connectivity index (χ1v) is 5.64. The van der Waals surface area contributed by atoms with Crippen LogP contribution >= 0.6 is 0 Å². The van der Waals surface area contributed by atoms with Crippen LogP contribution in [0.3, 0.4) is 0 Å². The minimum absolute atomic E-state index is 0.152. The monoisotopic (exact) mass is 244 g/mol. The van der Waals surface area contributed by atoms with Gasteiger partial charge in [-0.3, -0.25) is 4.79 Å². The predicted molar refractivity (Wildman–Crippen MR) is 62.4 cm³/mol. The second-order valence-electron chi connectivity index (χ2n) is 4.07. The summed E-state index contributed by atoms with van der Waals surface area (Å²) >= 11 is 0. The van der Waals surface area contributed by atoms with Gasteiger partial charge in [-0.2, -0.15) is 5.26 Å². The van der Waals surface area contributed by atoms with Crippen LogP contribution in [0.25, 0.3) is 0 Å². The van der Waals surface area contributed by atoms with Gasteiger partial charge in [0.25, 0.3) is 0 Å². The molecular weight excluding hydrogens is 232 g/mol. The van der Waals surface area contributed by atoms with Crippen molar-refractivity contribution < 1.29 is 14.3 Å². The molecule has 1 heterocycles. The van der Waals surface area contributed by atoms with Crippen LogP contribution in [-0.2, 0) is 20.7 Å². The van der Waals surface area contributed by atoms with Crippen molar-refractivity contribution >= 4 is 11.9 Å². The minimum atomic E-state index is -0.531. The molecule has 0 spiro atoms. The Kier molecular flexibility index (Phi) is 3.58. The average molecular weight is 244 g/mol. The van der Waals surface area contributed by atoms with Crippen LogP contribution in [0.2, 0.25) is 0 Å². The van der Waals surface area contributed by atoms with E-state index < -0.39 is 6.04 Å². The van der Waals surface area contributed by atoms with Gasteiger partial charge >= 0.3 is 5.97 Å². The normalized spacial score (nSPS) is 17.9. The number of cyclic esters (lactones) is 1. The van der Waals surface area contributed by atoms with Crippen LogP contribution < -0.4 is 5.32 Å². The number of hydrogen-bond donors (Lipinski definition) is 1. The molecule has 1 N–H and O–H groups in total. The van der Waals surface area contributed by atoms with Crippen molar-refractivity contribution in [2.45, 2.75) is 18.9 Å². The van der Waals surface area contributed by atoms with Crippen LogP contribution in [0.15, 0.2) is 24.3 Å². The number of hydrogen-bond acceptors (Lipinski definition) is 4. The third-order valence-electron chi connectivity index (χ3n) is 2.69. The van der Waals surface area contributed by atoms with Crippen molar-refractivity contribution in [1.29, 1.82) is 5.26 Å². The van der Waals surface area contributed by atoms with Crippen LogP contribution in [0, 0.1) is 11.3 Å². The summed E-state index contributed by atoms with van der Waals surface area (Å²) in [4.78, 5) is 22.9. The Morgan fingerprint density at radius 1 is 1.56 bits per heavy atom. The lowest BCUT2D eigenvalue weighted by atomic mass is 10.1. The summed E-state index contributed by atoms with van der Waals surface area (Å²) in [5.74, 6) is -0.622. The molecule has 0 radical (unpaired) electrons. The number of nitrogens with one attached hydrogen (secondary N) is 1. The van der Waals surface area contributed by atoms with E-state index in [9.17, 15) is 9.59 Å². The van der Waals surface area contributed by atoms with Gasteiger partial charge in [-0.1, -0.05) is 12.1 Å². The van der Waals surface area contributed by atoms with Crippen LogP contribution in [-0.4, -0.2) is 24.5 Å². The Morgan fingerprint density at radius 2 is 2.39 bits per heavy atom. The maximum Gasteiger partial charge on any atom is 0.328 e. The van der Waals surface area contributed by atoms with E-state index >= 15 is 0 Å². The van der Waals surface area contributed by atoms with Gasteiger partial charge in [0.2, 0.25) is 5.91 Å². The molecule has 0 bridgehead atoms. The number of carbonyl (C=O) groups is 2. The Morgan fingerprint density at radius 3 is 3.06 bits per heavy atom. The second-order valence-corrected chi connectivity index (χ2v) is 4.07. The highest BCUT2D eigenvalue weighted by molar-refractivity contribution is 5.86. The average Bonchev–Trinajstić information content (AvgIpc) is 2.75. The number of ether oxygens (including phenoxy) is 1. The van der Waals surface area contributed by atoms with Gasteiger partial charge in [0.05, 0.1) is 24.7 Å². The largest absolute Gasteiger partial charge is 0.464 e. The maximum atomic E-state index is 11.7. The molecule has 0 aliphatic carbocycles. The predicted octanol–water partition coefficient (Wildman–Crippen LogP) is 0.532. The number of amides is 1. The summed E-state index contributed by atoms with van der Waals surface area (Å²) in [7, 11) is 0. The lowest BCUT2D eigenvalue weighted by Gasteiger charge is -2.08. The number of rotatable bonds is 3. The van der Waals surface area contributed by atoms with Crippen molar-refractivity contribution in [3.05, 3.63) is 35.4 Å². The molecule has 1 aliphatic rings. The molecule has 1 atom stereocenters. The highest BCUT2D eigenvalue weighted by atomic mass is 16.5. The minimum Gasteiger partial charge on any atom is -0.464 e. The molecule has 1 fully saturated rings. The maximum absolute atomic E-state index is 11.7. The van der Waals surface area contributed by atoms with Gasteiger partial charge < -0.3 is 10.1 Å². The number of carbonyl (C=O) groups excluding carboxylic acids is 2. The molecule has 0 unspecified atom stereocenters. The van der Waals surface area contributed by atoms with E-state index in [1.165, 1.54) is 0 Å². The van der Waals surface area contributed by atoms with E-state index in [-0.39, 0.29) is 18.3 Å². The molecule has 1 amide bonds. The first kappa shape index (κ1) is 12.1. The SMILES string of the molecule is N#Cc1cccc(CC(=O)N[C@H]2CCOC2=O)c1. The van der Waals surface area contributed by atoms with Crippen molar-refractivity contribution in [3.63, 3.8) is 0 Å². The molecule has 18 heavy (non-hydrogen) atoms. The Bertz CT molecular complexity index is 519. The number of benzene rings is 1. The first-order chi connectivity index (χ1) is 8.69. The summed E-state index contributed by atoms with van der Waals surface area (Å²) in [6, 6.07) is 8.32. The third kappa shape index (κ3) is 2.86. The fraction of sp³-hybridized carbons (Fsp3) is 0.308. The van der Waals surface area contributed by atoms with Crippen molar-refractivity contribution in [3.8, 4) is 6.07 Å². The standard InChI is InChI=1S/C13H12N2O3/c14-8-10-3-1-2-9(6-10)7-12(16)15-11-4-5-18-13(11)17/h1-3,6,11H,4-5,7H2,(H,15,16)/t11-/m0/s1. The van der Waals surface area contributed by atoms with E-state index in [0.29, 0.717) is 18.6 Å². The van der Waals surface area contributed by atoms with E-state index in [1.54, 1.807) is 24.3 Å². The molecule has 1 aliphatic heterocycles. The molecule has 1 saturated heterocycles. The zero-order chi connectivity index (χ0) is 13.0. The van der Waals surface area contributed by atoms with Crippen LogP contribution in [0.1, 0.15) is 17.5 Å². The molecule has 2 rings (SSSR count). The highest BCUT2D eigenvalue weighted by Gasteiger charge is 2.27. The molecule has 1 aromatic carbocycles.